The SMILES string of the molecule is Brc1ccc([C@H]2CNCCN2)cc1.Cl. The predicted octanol–water partition coefficient (Wildman–Crippen LogP) is 2.10. The van der Waals surface area contributed by atoms with Crippen molar-refractivity contribution in [2.24, 2.45) is 0 Å². The van der Waals surface area contributed by atoms with Crippen molar-refractivity contribution in [1.29, 1.82) is 0 Å². The lowest BCUT2D eigenvalue weighted by atomic mass is 10.1. The van der Waals surface area contributed by atoms with Gasteiger partial charge in [0.25, 0.3) is 0 Å². The average Bonchev–Trinajstić information content (AvgIpc) is 2.20. The number of hydrogen-bond acceptors (Lipinski definition) is 2. The Kier molecular flexibility index (Phi) is 4.89. The Hall–Kier alpha value is -0.0900. The molecule has 0 unspecified atom stereocenters. The monoisotopic (exact) mass is 276 g/mol. The van der Waals surface area contributed by atoms with Crippen LogP contribution < -0.4 is 10.6 Å². The lowest BCUT2D eigenvalue weighted by Gasteiger charge is -2.24. The van der Waals surface area contributed by atoms with Crippen molar-refractivity contribution < 1.29 is 0 Å². The van der Waals surface area contributed by atoms with Crippen molar-refractivity contribution in [2.45, 2.75) is 6.04 Å². The molecule has 0 aliphatic carbocycles. The molecule has 0 spiro atoms. The van der Waals surface area contributed by atoms with Crippen LogP contribution in [0.1, 0.15) is 11.6 Å². The molecule has 0 amide bonds. The maximum Gasteiger partial charge on any atom is 0.0447 e. The van der Waals surface area contributed by atoms with Gasteiger partial charge in [-0.2, -0.15) is 0 Å². The van der Waals surface area contributed by atoms with Gasteiger partial charge in [-0.1, -0.05) is 28.1 Å². The summed E-state index contributed by atoms with van der Waals surface area (Å²) in [5.74, 6) is 0. The summed E-state index contributed by atoms with van der Waals surface area (Å²) in [5, 5.41) is 6.85. The van der Waals surface area contributed by atoms with E-state index in [-0.39, 0.29) is 12.4 Å². The van der Waals surface area contributed by atoms with Crippen molar-refractivity contribution in [2.75, 3.05) is 19.6 Å². The Morgan fingerprint density at radius 2 is 1.86 bits per heavy atom. The Balaban J connectivity index is 0.000000980. The fourth-order valence-corrected chi connectivity index (χ4v) is 1.85. The van der Waals surface area contributed by atoms with Crippen molar-refractivity contribution in [1.82, 2.24) is 10.6 Å². The maximum atomic E-state index is 3.48. The molecule has 2 N–H and O–H groups in total. The van der Waals surface area contributed by atoms with E-state index in [4.69, 9.17) is 0 Å². The Labute approximate surface area is 99.0 Å². The standard InChI is InChI=1S/C10H13BrN2.ClH/c11-9-3-1-8(2-4-9)10-7-12-5-6-13-10;/h1-4,10,12-13H,5-7H2;1H/t10-;/m1./s1. The van der Waals surface area contributed by atoms with Gasteiger partial charge in [-0.25, -0.2) is 0 Å². The van der Waals surface area contributed by atoms with Crippen molar-refractivity contribution in [3.05, 3.63) is 34.3 Å². The van der Waals surface area contributed by atoms with E-state index in [0.29, 0.717) is 6.04 Å². The minimum Gasteiger partial charge on any atom is -0.314 e. The molecule has 78 valence electrons. The summed E-state index contributed by atoms with van der Waals surface area (Å²) in [6.45, 7) is 3.16. The van der Waals surface area contributed by atoms with Crippen LogP contribution in [0.5, 0.6) is 0 Å². The first kappa shape index (κ1) is 12.0. The smallest absolute Gasteiger partial charge is 0.0447 e. The van der Waals surface area contributed by atoms with Crippen molar-refractivity contribution in [3.8, 4) is 0 Å². The summed E-state index contributed by atoms with van der Waals surface area (Å²) in [6.07, 6.45) is 0. The zero-order valence-electron chi connectivity index (χ0n) is 7.79. The summed E-state index contributed by atoms with van der Waals surface area (Å²) in [6, 6.07) is 8.97. The number of rotatable bonds is 1. The summed E-state index contributed by atoms with van der Waals surface area (Å²) < 4.78 is 1.14. The third-order valence-corrected chi connectivity index (χ3v) is 2.84. The highest BCUT2D eigenvalue weighted by atomic mass is 79.9. The molecule has 4 heteroatoms. The van der Waals surface area contributed by atoms with Gasteiger partial charge >= 0.3 is 0 Å². The Morgan fingerprint density at radius 1 is 1.14 bits per heavy atom. The molecule has 0 radical (unpaired) electrons. The quantitative estimate of drug-likeness (QED) is 0.821. The second-order valence-electron chi connectivity index (χ2n) is 3.26. The minimum absolute atomic E-state index is 0. The molecule has 1 aliphatic heterocycles. The first-order valence-electron chi connectivity index (χ1n) is 4.56. The van der Waals surface area contributed by atoms with Gasteiger partial charge in [-0.3, -0.25) is 0 Å². The van der Waals surface area contributed by atoms with Gasteiger partial charge in [0.05, 0.1) is 0 Å². The van der Waals surface area contributed by atoms with E-state index in [0.717, 1.165) is 24.1 Å². The molecule has 14 heavy (non-hydrogen) atoms. The van der Waals surface area contributed by atoms with Crippen LogP contribution in [-0.2, 0) is 0 Å². The average molecular weight is 278 g/mol. The van der Waals surface area contributed by atoms with E-state index in [9.17, 15) is 0 Å². The lowest BCUT2D eigenvalue weighted by molar-refractivity contribution is 0.430. The van der Waals surface area contributed by atoms with Gasteiger partial charge < -0.3 is 10.6 Å². The van der Waals surface area contributed by atoms with Gasteiger partial charge in [0.2, 0.25) is 0 Å². The number of halogens is 2. The van der Waals surface area contributed by atoms with Crippen LogP contribution in [0, 0.1) is 0 Å². The van der Waals surface area contributed by atoms with Crippen LogP contribution >= 0.6 is 28.3 Å². The molecule has 2 rings (SSSR count). The van der Waals surface area contributed by atoms with E-state index in [1.165, 1.54) is 5.56 Å². The van der Waals surface area contributed by atoms with Crippen molar-refractivity contribution >= 4 is 28.3 Å². The first-order chi connectivity index (χ1) is 6.36. The second kappa shape index (κ2) is 5.71. The van der Waals surface area contributed by atoms with Gasteiger partial charge in [0, 0.05) is 30.1 Å². The predicted molar refractivity (Wildman–Crippen MR) is 65.0 cm³/mol. The highest BCUT2D eigenvalue weighted by Gasteiger charge is 2.13. The number of benzene rings is 1. The van der Waals surface area contributed by atoms with Crippen LogP contribution in [0.3, 0.4) is 0 Å². The van der Waals surface area contributed by atoms with E-state index in [2.05, 4.69) is 50.8 Å². The highest BCUT2D eigenvalue weighted by Crippen LogP contribution is 2.17. The second-order valence-corrected chi connectivity index (χ2v) is 4.18. The minimum atomic E-state index is 0. The molecular weight excluding hydrogens is 263 g/mol. The molecule has 1 aromatic rings. The molecule has 0 bridgehead atoms. The summed E-state index contributed by atoms with van der Waals surface area (Å²) in [4.78, 5) is 0. The molecule has 0 saturated carbocycles. The fourth-order valence-electron chi connectivity index (χ4n) is 1.58. The lowest BCUT2D eigenvalue weighted by Crippen LogP contribution is -2.42. The van der Waals surface area contributed by atoms with Gasteiger partial charge in [0.1, 0.15) is 0 Å². The maximum absolute atomic E-state index is 3.48. The summed E-state index contributed by atoms with van der Waals surface area (Å²) >= 11 is 3.43. The third kappa shape index (κ3) is 2.95. The van der Waals surface area contributed by atoms with E-state index in [1.54, 1.807) is 0 Å². The van der Waals surface area contributed by atoms with E-state index in [1.807, 2.05) is 0 Å². The molecule has 1 atom stereocenters. The number of hydrogen-bond donors (Lipinski definition) is 2. The topological polar surface area (TPSA) is 24.1 Å². The van der Waals surface area contributed by atoms with Crippen LogP contribution in [0.4, 0.5) is 0 Å². The van der Waals surface area contributed by atoms with Crippen LogP contribution in [-0.4, -0.2) is 19.6 Å². The first-order valence-corrected chi connectivity index (χ1v) is 5.35. The molecule has 1 heterocycles. The van der Waals surface area contributed by atoms with E-state index < -0.39 is 0 Å². The molecule has 1 saturated heterocycles. The van der Waals surface area contributed by atoms with Crippen molar-refractivity contribution in [3.63, 3.8) is 0 Å². The fraction of sp³-hybridized carbons (Fsp3) is 0.400. The van der Waals surface area contributed by atoms with Crippen LogP contribution in [0.15, 0.2) is 28.7 Å². The van der Waals surface area contributed by atoms with E-state index >= 15 is 0 Å². The molecular formula is C10H14BrClN2. The molecule has 1 aromatic carbocycles. The molecule has 1 fully saturated rings. The largest absolute Gasteiger partial charge is 0.314 e. The Bertz CT molecular complexity index is 270. The molecule has 2 nitrogen and oxygen atoms in total. The summed E-state index contributed by atoms with van der Waals surface area (Å²) in [5.41, 5.74) is 1.36. The normalized spacial score (nSPS) is 21.4. The van der Waals surface area contributed by atoms with Gasteiger partial charge in [-0.05, 0) is 17.7 Å². The zero-order valence-corrected chi connectivity index (χ0v) is 10.2. The number of piperazine rings is 1. The zero-order chi connectivity index (χ0) is 9.10. The molecule has 0 aromatic heterocycles. The number of nitrogens with one attached hydrogen (secondary N) is 2. The third-order valence-electron chi connectivity index (χ3n) is 2.31. The van der Waals surface area contributed by atoms with Crippen LogP contribution in [0.25, 0.3) is 0 Å². The summed E-state index contributed by atoms with van der Waals surface area (Å²) in [7, 11) is 0. The highest BCUT2D eigenvalue weighted by molar-refractivity contribution is 9.10. The molecule has 1 aliphatic rings. The van der Waals surface area contributed by atoms with Crippen LogP contribution in [0.2, 0.25) is 0 Å². The Morgan fingerprint density at radius 3 is 2.43 bits per heavy atom. The van der Waals surface area contributed by atoms with Gasteiger partial charge in [-0.15, -0.1) is 12.4 Å². The van der Waals surface area contributed by atoms with Gasteiger partial charge in [0.15, 0.2) is 0 Å².